The molecular weight excluding hydrogens is 500 g/mol. The van der Waals surface area contributed by atoms with Crippen molar-refractivity contribution in [2.45, 2.75) is 91.5 Å². The number of aryl methyl sites for hydroxylation is 1. The van der Waals surface area contributed by atoms with Gasteiger partial charge in [0.2, 0.25) is 5.91 Å². The van der Waals surface area contributed by atoms with Gasteiger partial charge in [-0.05, 0) is 80.7 Å². The average molecular weight is 551 g/mol. The predicted molar refractivity (Wildman–Crippen MR) is 172 cm³/mol. The van der Waals surface area contributed by atoms with E-state index in [0.29, 0.717) is 0 Å². The molecule has 1 atom stereocenters. The molecule has 5 heteroatoms. The van der Waals surface area contributed by atoms with Crippen LogP contribution >= 0.6 is 11.8 Å². The fourth-order valence-corrected chi connectivity index (χ4v) is 3.95. The molecule has 0 fully saturated rings. The van der Waals surface area contributed by atoms with Gasteiger partial charge in [-0.1, -0.05) is 82.7 Å². The number of Topliss-reactive ketones (excluding diaryl/α,β-unsaturated/α-hetero) is 1. The van der Waals surface area contributed by atoms with E-state index >= 15 is 0 Å². The molecule has 0 bridgehead atoms. The quantitative estimate of drug-likeness (QED) is 0.178. The zero-order valence-electron chi connectivity index (χ0n) is 25.9. The van der Waals surface area contributed by atoms with Crippen molar-refractivity contribution in [2.75, 3.05) is 12.8 Å². The Morgan fingerprint density at radius 1 is 1.03 bits per heavy atom. The highest BCUT2D eigenvalue weighted by molar-refractivity contribution is 7.98. The van der Waals surface area contributed by atoms with Gasteiger partial charge in [-0.3, -0.25) is 14.6 Å². The molecule has 2 aromatic rings. The Morgan fingerprint density at radius 2 is 1.59 bits per heavy atom. The van der Waals surface area contributed by atoms with E-state index in [4.69, 9.17) is 0 Å². The fraction of sp³-hybridized carbons (Fsp3) is 0.441. The number of hydrogen-bond acceptors (Lipinski definition) is 4. The number of amides is 1. The first-order chi connectivity index (χ1) is 18.3. The highest BCUT2D eigenvalue weighted by Crippen LogP contribution is 2.26. The summed E-state index contributed by atoms with van der Waals surface area (Å²) in [7, 11) is 0. The van der Waals surface area contributed by atoms with Crippen LogP contribution in [0.15, 0.2) is 82.8 Å². The average Bonchev–Trinajstić information content (AvgIpc) is 2.87. The molecular formula is C34H50N2O2S. The standard InChI is InChI=1S/C17H25NO2.C10H14S.C7H11N/c1-12(19)11-18(14(3)20)13(2)15-7-9-16(10-8-15)17(4,5)6;1-3-4-9-5-7-10(11-2)8-6-9;1-4-8-6-5-7(2)3/h7-10,13H,11H2,1-6H3;5-8H,3-4H2,1-2H3;4-6H,2H2,1,3H3/b;;6-5-,8-4?. The van der Waals surface area contributed by atoms with Crippen molar-refractivity contribution in [3.63, 3.8) is 0 Å². The van der Waals surface area contributed by atoms with Crippen LogP contribution in [0.1, 0.15) is 91.5 Å². The molecule has 0 saturated carbocycles. The normalized spacial score (nSPS) is 11.7. The molecule has 0 aliphatic carbocycles. The lowest BCUT2D eigenvalue weighted by Crippen LogP contribution is -2.35. The third-order valence-electron chi connectivity index (χ3n) is 5.82. The van der Waals surface area contributed by atoms with Crippen LogP contribution in [-0.2, 0) is 21.4 Å². The number of rotatable bonds is 9. The van der Waals surface area contributed by atoms with Crippen LogP contribution in [0.5, 0.6) is 0 Å². The molecule has 0 aromatic heterocycles. The zero-order valence-corrected chi connectivity index (χ0v) is 26.7. The van der Waals surface area contributed by atoms with Gasteiger partial charge in [-0.25, -0.2) is 0 Å². The first kappa shape index (κ1) is 36.1. The summed E-state index contributed by atoms with van der Waals surface area (Å²) < 4.78 is 0. The van der Waals surface area contributed by atoms with E-state index < -0.39 is 0 Å². The number of benzene rings is 2. The molecule has 4 nitrogen and oxygen atoms in total. The van der Waals surface area contributed by atoms with Gasteiger partial charge in [0, 0.05) is 24.2 Å². The number of hydrogen-bond donors (Lipinski definition) is 0. The second kappa shape index (κ2) is 19.2. The van der Waals surface area contributed by atoms with E-state index in [2.05, 4.69) is 81.9 Å². The van der Waals surface area contributed by atoms with Crippen molar-refractivity contribution in [3.05, 3.63) is 89.6 Å². The summed E-state index contributed by atoms with van der Waals surface area (Å²) in [6.07, 6.45) is 9.86. The van der Waals surface area contributed by atoms with E-state index in [0.717, 1.165) is 11.1 Å². The van der Waals surface area contributed by atoms with Crippen LogP contribution in [0.2, 0.25) is 0 Å². The Hall–Kier alpha value is -2.92. The first-order valence-electron chi connectivity index (χ1n) is 13.6. The Bertz CT molecular complexity index is 1060. The number of carbonyl (C=O) groups excluding carboxylic acids is 2. The number of allylic oxidation sites excluding steroid dienone is 2. The van der Waals surface area contributed by atoms with Gasteiger partial charge in [0.25, 0.3) is 0 Å². The van der Waals surface area contributed by atoms with Crippen molar-refractivity contribution in [2.24, 2.45) is 4.99 Å². The molecule has 1 amide bonds. The molecule has 0 aliphatic heterocycles. The lowest BCUT2D eigenvalue weighted by atomic mass is 9.86. The first-order valence-corrected chi connectivity index (χ1v) is 14.8. The van der Waals surface area contributed by atoms with E-state index in [-0.39, 0.29) is 29.7 Å². The fourth-order valence-electron chi connectivity index (χ4n) is 3.54. The number of carbonyl (C=O) groups is 2. The Balaban J connectivity index is 0.000000635. The molecule has 1 unspecified atom stereocenters. The van der Waals surface area contributed by atoms with E-state index in [1.807, 2.05) is 39.0 Å². The summed E-state index contributed by atoms with van der Waals surface area (Å²) in [5, 5.41) is 0. The van der Waals surface area contributed by atoms with Crippen LogP contribution in [0, 0.1) is 0 Å². The number of aliphatic imine (C=N–C) groups is 1. The van der Waals surface area contributed by atoms with Crippen molar-refractivity contribution in [1.82, 2.24) is 4.90 Å². The maximum Gasteiger partial charge on any atom is 0.220 e. The summed E-state index contributed by atoms with van der Waals surface area (Å²) in [6.45, 7) is 21.3. The van der Waals surface area contributed by atoms with Crippen LogP contribution < -0.4 is 0 Å². The molecule has 0 aliphatic rings. The second-order valence-electron chi connectivity index (χ2n) is 10.6. The van der Waals surface area contributed by atoms with Crippen LogP contribution in [-0.4, -0.2) is 35.6 Å². The maximum atomic E-state index is 11.7. The Morgan fingerprint density at radius 3 is 1.97 bits per heavy atom. The van der Waals surface area contributed by atoms with Crippen molar-refractivity contribution in [1.29, 1.82) is 0 Å². The van der Waals surface area contributed by atoms with Gasteiger partial charge in [0.15, 0.2) is 0 Å². The third kappa shape index (κ3) is 15.9. The lowest BCUT2D eigenvalue weighted by Gasteiger charge is -2.28. The molecule has 0 N–H and O–H groups in total. The highest BCUT2D eigenvalue weighted by Gasteiger charge is 2.20. The second-order valence-corrected chi connectivity index (χ2v) is 11.4. The van der Waals surface area contributed by atoms with Gasteiger partial charge in [-0.2, -0.15) is 0 Å². The molecule has 214 valence electrons. The van der Waals surface area contributed by atoms with E-state index in [1.54, 1.807) is 29.1 Å². The summed E-state index contributed by atoms with van der Waals surface area (Å²) in [5.74, 6) is -0.0778. The topological polar surface area (TPSA) is 49.7 Å². The number of nitrogens with zero attached hydrogens (tertiary/aromatic N) is 2. The molecule has 0 radical (unpaired) electrons. The molecule has 0 saturated heterocycles. The minimum atomic E-state index is -0.0922. The van der Waals surface area contributed by atoms with Crippen molar-refractivity contribution >= 4 is 29.7 Å². The highest BCUT2D eigenvalue weighted by atomic mass is 32.2. The van der Waals surface area contributed by atoms with E-state index in [1.165, 1.54) is 42.7 Å². The lowest BCUT2D eigenvalue weighted by molar-refractivity contribution is -0.135. The molecule has 2 aromatic carbocycles. The third-order valence-corrected chi connectivity index (χ3v) is 6.56. The van der Waals surface area contributed by atoms with Gasteiger partial charge in [0.1, 0.15) is 5.78 Å². The molecule has 0 spiro atoms. The van der Waals surface area contributed by atoms with Crippen molar-refractivity contribution in [3.8, 4) is 0 Å². The van der Waals surface area contributed by atoms with Crippen LogP contribution in [0.3, 0.4) is 0 Å². The van der Waals surface area contributed by atoms with Gasteiger partial charge in [-0.15, -0.1) is 11.8 Å². The summed E-state index contributed by atoms with van der Waals surface area (Å²) in [4.78, 5) is 29.8. The Kier molecular flexibility index (Phi) is 17.8. The van der Waals surface area contributed by atoms with Gasteiger partial charge < -0.3 is 4.90 Å². The SMILES string of the molecule is C=C(C)/C=C\N=CC.CC(=O)CN(C(C)=O)C(C)c1ccc(C(C)(C)C)cc1.CCCc1ccc(SC)cc1. The van der Waals surface area contributed by atoms with Gasteiger partial charge in [0.05, 0.1) is 12.6 Å². The van der Waals surface area contributed by atoms with Crippen LogP contribution in [0.25, 0.3) is 0 Å². The van der Waals surface area contributed by atoms with Crippen LogP contribution in [0.4, 0.5) is 0 Å². The minimum Gasteiger partial charge on any atom is -0.329 e. The summed E-state index contributed by atoms with van der Waals surface area (Å²) in [5.41, 5.74) is 4.89. The largest absolute Gasteiger partial charge is 0.329 e. The monoisotopic (exact) mass is 550 g/mol. The predicted octanol–water partition coefficient (Wildman–Crippen LogP) is 9.01. The van der Waals surface area contributed by atoms with Crippen molar-refractivity contribution < 1.29 is 9.59 Å². The van der Waals surface area contributed by atoms with E-state index in [9.17, 15) is 9.59 Å². The Labute approximate surface area is 242 Å². The summed E-state index contributed by atoms with van der Waals surface area (Å²) in [6, 6.07) is 17.0. The smallest absolute Gasteiger partial charge is 0.220 e. The molecule has 2 rings (SSSR count). The minimum absolute atomic E-state index is 0.00152. The maximum absolute atomic E-state index is 11.7. The molecule has 0 heterocycles. The number of ketones is 1. The van der Waals surface area contributed by atoms with Gasteiger partial charge >= 0.3 is 0 Å². The summed E-state index contributed by atoms with van der Waals surface area (Å²) >= 11 is 1.80. The molecule has 39 heavy (non-hydrogen) atoms. The number of thioether (sulfide) groups is 1. The zero-order chi connectivity index (χ0) is 30.0.